The Labute approximate surface area is 131 Å². The third-order valence-corrected chi connectivity index (χ3v) is 2.86. The molecule has 0 radical (unpaired) electrons. The van der Waals surface area contributed by atoms with Gasteiger partial charge in [0.05, 0.1) is 6.54 Å². The molecule has 3 N–H and O–H groups in total. The van der Waals surface area contributed by atoms with E-state index in [0.717, 1.165) is 31.9 Å². The summed E-state index contributed by atoms with van der Waals surface area (Å²) in [5.41, 5.74) is 5.78. The molecule has 0 bridgehead atoms. The maximum Gasteiger partial charge on any atom is 0.188 e. The Hall–Kier alpha value is -1.46. The molecule has 1 rings (SSSR count). The standard InChI is InChI=1S/C15H24ClN3O2/c1-3-20-9-5-8-18-15(17)19-11-12(2)21-14-7-4-6-13(16)10-14/h4,6-7,10,12H,3,5,8-9,11H2,1-2H3,(H3,17,18,19). The van der Waals surface area contributed by atoms with Crippen molar-refractivity contribution in [2.45, 2.75) is 26.4 Å². The third-order valence-electron chi connectivity index (χ3n) is 2.63. The molecular formula is C15H24ClN3O2. The van der Waals surface area contributed by atoms with Gasteiger partial charge in [0.2, 0.25) is 0 Å². The van der Waals surface area contributed by atoms with Gasteiger partial charge in [0.1, 0.15) is 11.9 Å². The summed E-state index contributed by atoms with van der Waals surface area (Å²) < 4.78 is 10.9. The van der Waals surface area contributed by atoms with Crippen molar-refractivity contribution in [1.82, 2.24) is 5.32 Å². The summed E-state index contributed by atoms with van der Waals surface area (Å²) in [6.07, 6.45) is 0.825. The molecule has 0 fully saturated rings. The summed E-state index contributed by atoms with van der Waals surface area (Å²) >= 11 is 5.90. The molecule has 5 nitrogen and oxygen atoms in total. The number of rotatable bonds is 9. The first kappa shape index (κ1) is 17.6. The van der Waals surface area contributed by atoms with Gasteiger partial charge in [-0.3, -0.25) is 0 Å². The minimum Gasteiger partial charge on any atom is -0.489 e. The Bertz CT molecular complexity index is 441. The quantitative estimate of drug-likeness (QED) is 0.417. The molecule has 118 valence electrons. The van der Waals surface area contributed by atoms with Crippen LogP contribution in [0.3, 0.4) is 0 Å². The summed E-state index contributed by atoms with van der Waals surface area (Å²) in [6.45, 7) is 6.61. The summed E-state index contributed by atoms with van der Waals surface area (Å²) in [6, 6.07) is 7.29. The van der Waals surface area contributed by atoms with Crippen LogP contribution in [0.15, 0.2) is 29.3 Å². The number of halogens is 1. The second-order valence-electron chi connectivity index (χ2n) is 4.59. The van der Waals surface area contributed by atoms with Gasteiger partial charge in [0.15, 0.2) is 5.96 Å². The fourth-order valence-electron chi connectivity index (χ4n) is 1.63. The second kappa shape index (κ2) is 10.3. The number of nitrogens with zero attached hydrogens (tertiary/aromatic N) is 1. The van der Waals surface area contributed by atoms with Crippen LogP contribution >= 0.6 is 11.6 Å². The van der Waals surface area contributed by atoms with Gasteiger partial charge in [0.25, 0.3) is 0 Å². The van der Waals surface area contributed by atoms with Gasteiger partial charge in [-0.05, 0) is 38.5 Å². The zero-order valence-electron chi connectivity index (χ0n) is 12.6. The van der Waals surface area contributed by atoms with Crippen molar-refractivity contribution in [3.8, 4) is 5.75 Å². The molecule has 1 aromatic rings. The molecule has 0 spiro atoms. The summed E-state index contributed by atoms with van der Waals surface area (Å²) in [7, 11) is 0. The Morgan fingerprint density at radius 3 is 3.00 bits per heavy atom. The molecule has 0 amide bonds. The predicted octanol–water partition coefficient (Wildman–Crippen LogP) is 2.44. The number of hydrogen-bond donors (Lipinski definition) is 2. The molecule has 0 saturated heterocycles. The zero-order valence-corrected chi connectivity index (χ0v) is 13.4. The van der Waals surface area contributed by atoms with E-state index in [1.54, 1.807) is 12.1 Å². The highest BCUT2D eigenvalue weighted by atomic mass is 35.5. The van der Waals surface area contributed by atoms with E-state index >= 15 is 0 Å². The molecule has 0 aliphatic heterocycles. The van der Waals surface area contributed by atoms with E-state index in [0.29, 0.717) is 17.5 Å². The second-order valence-corrected chi connectivity index (χ2v) is 5.03. The highest BCUT2D eigenvalue weighted by Gasteiger charge is 2.04. The number of hydrogen-bond acceptors (Lipinski definition) is 3. The lowest BCUT2D eigenvalue weighted by Gasteiger charge is -2.13. The number of guanidine groups is 1. The maximum atomic E-state index is 5.90. The highest BCUT2D eigenvalue weighted by Crippen LogP contribution is 2.18. The van der Waals surface area contributed by atoms with Crippen molar-refractivity contribution in [2.24, 2.45) is 10.7 Å². The van der Waals surface area contributed by atoms with Crippen LogP contribution in [0, 0.1) is 0 Å². The lowest BCUT2D eigenvalue weighted by Crippen LogP contribution is -2.34. The average molecular weight is 314 g/mol. The van der Waals surface area contributed by atoms with Crippen LogP contribution in [0.5, 0.6) is 5.75 Å². The molecule has 1 unspecified atom stereocenters. The van der Waals surface area contributed by atoms with Gasteiger partial charge in [0, 0.05) is 24.8 Å². The predicted molar refractivity (Wildman–Crippen MR) is 87.1 cm³/mol. The Balaban J connectivity index is 2.24. The molecule has 0 aliphatic rings. The van der Waals surface area contributed by atoms with Crippen LogP contribution in [-0.4, -0.2) is 38.4 Å². The van der Waals surface area contributed by atoms with Crippen molar-refractivity contribution in [3.63, 3.8) is 0 Å². The van der Waals surface area contributed by atoms with Gasteiger partial charge in [-0.2, -0.15) is 0 Å². The number of nitrogens with two attached hydrogens (primary N) is 1. The normalized spacial score (nSPS) is 13.0. The third kappa shape index (κ3) is 8.42. The molecule has 1 atom stereocenters. The number of benzene rings is 1. The van der Waals surface area contributed by atoms with Crippen LogP contribution in [0.1, 0.15) is 20.3 Å². The minimum absolute atomic E-state index is 0.0766. The fraction of sp³-hybridized carbons (Fsp3) is 0.533. The lowest BCUT2D eigenvalue weighted by molar-refractivity contribution is 0.145. The van der Waals surface area contributed by atoms with Crippen molar-refractivity contribution < 1.29 is 9.47 Å². The van der Waals surface area contributed by atoms with Gasteiger partial charge < -0.3 is 20.5 Å². The first-order valence-electron chi connectivity index (χ1n) is 7.15. The van der Waals surface area contributed by atoms with Gasteiger partial charge >= 0.3 is 0 Å². The lowest BCUT2D eigenvalue weighted by atomic mass is 10.3. The summed E-state index contributed by atoms with van der Waals surface area (Å²) in [5.74, 6) is 1.15. The van der Waals surface area contributed by atoms with E-state index in [1.807, 2.05) is 26.0 Å². The first-order valence-corrected chi connectivity index (χ1v) is 7.53. The number of nitrogens with one attached hydrogen (secondary N) is 1. The Morgan fingerprint density at radius 2 is 2.29 bits per heavy atom. The van der Waals surface area contributed by atoms with E-state index in [1.165, 1.54) is 0 Å². The largest absolute Gasteiger partial charge is 0.489 e. The van der Waals surface area contributed by atoms with Gasteiger partial charge in [-0.15, -0.1) is 0 Å². The van der Waals surface area contributed by atoms with Crippen LogP contribution in [0.4, 0.5) is 0 Å². The summed E-state index contributed by atoms with van der Waals surface area (Å²) in [4.78, 5) is 4.24. The molecule has 1 aromatic carbocycles. The Morgan fingerprint density at radius 1 is 1.48 bits per heavy atom. The van der Waals surface area contributed by atoms with E-state index in [4.69, 9.17) is 26.8 Å². The molecule has 0 aliphatic carbocycles. The zero-order chi connectivity index (χ0) is 15.5. The number of ether oxygens (including phenoxy) is 2. The van der Waals surface area contributed by atoms with Crippen LogP contribution in [0.25, 0.3) is 0 Å². The monoisotopic (exact) mass is 313 g/mol. The van der Waals surface area contributed by atoms with Crippen LogP contribution in [-0.2, 0) is 4.74 Å². The topological polar surface area (TPSA) is 68.9 Å². The Kier molecular flexibility index (Phi) is 8.62. The molecule has 0 aromatic heterocycles. The van der Waals surface area contributed by atoms with Gasteiger partial charge in [-0.25, -0.2) is 4.99 Å². The molecule has 0 heterocycles. The molecule has 6 heteroatoms. The molecule has 21 heavy (non-hydrogen) atoms. The van der Waals surface area contributed by atoms with Crippen molar-refractivity contribution in [3.05, 3.63) is 29.3 Å². The van der Waals surface area contributed by atoms with Crippen molar-refractivity contribution in [1.29, 1.82) is 0 Å². The van der Waals surface area contributed by atoms with E-state index in [-0.39, 0.29) is 6.10 Å². The number of aliphatic imine (C=N–C) groups is 1. The smallest absolute Gasteiger partial charge is 0.188 e. The average Bonchev–Trinajstić information content (AvgIpc) is 2.45. The first-order chi connectivity index (χ1) is 10.1. The van der Waals surface area contributed by atoms with Crippen LogP contribution in [0.2, 0.25) is 5.02 Å². The van der Waals surface area contributed by atoms with Crippen LogP contribution < -0.4 is 15.8 Å². The molecular weight excluding hydrogens is 290 g/mol. The minimum atomic E-state index is -0.0766. The van der Waals surface area contributed by atoms with Crippen molar-refractivity contribution >= 4 is 17.6 Å². The highest BCUT2D eigenvalue weighted by molar-refractivity contribution is 6.30. The maximum absolute atomic E-state index is 5.90. The van der Waals surface area contributed by atoms with E-state index in [9.17, 15) is 0 Å². The van der Waals surface area contributed by atoms with Gasteiger partial charge in [-0.1, -0.05) is 17.7 Å². The molecule has 0 saturated carbocycles. The fourth-order valence-corrected chi connectivity index (χ4v) is 1.81. The van der Waals surface area contributed by atoms with E-state index < -0.39 is 0 Å². The summed E-state index contributed by atoms with van der Waals surface area (Å²) in [5, 5.41) is 3.69. The van der Waals surface area contributed by atoms with Crippen molar-refractivity contribution in [2.75, 3.05) is 26.3 Å². The SMILES string of the molecule is CCOCCCNC(N)=NCC(C)Oc1cccc(Cl)c1. The van der Waals surface area contributed by atoms with E-state index in [2.05, 4.69) is 10.3 Å².